The topological polar surface area (TPSA) is 35.2 Å². The van der Waals surface area contributed by atoms with E-state index >= 15 is 0 Å². The van der Waals surface area contributed by atoms with Crippen molar-refractivity contribution >= 4 is 0 Å². The van der Waals surface area contributed by atoms with Crippen molar-refractivity contribution in [3.05, 3.63) is 29.3 Å². The van der Waals surface area contributed by atoms with Gasteiger partial charge in [-0.05, 0) is 19.9 Å². The SMILES string of the molecule is COc1cccc(C(C)(F)F)c1C(C)(C)N. The Labute approximate surface area is 94.4 Å². The third-order valence-corrected chi connectivity index (χ3v) is 2.36. The van der Waals surface area contributed by atoms with Crippen molar-refractivity contribution in [3.63, 3.8) is 0 Å². The Bertz CT molecular complexity index is 378. The molecule has 0 aliphatic heterocycles. The number of nitrogens with two attached hydrogens (primary N) is 1. The smallest absolute Gasteiger partial charge is 0.270 e. The van der Waals surface area contributed by atoms with E-state index in [0.29, 0.717) is 11.3 Å². The Morgan fingerprint density at radius 3 is 2.12 bits per heavy atom. The van der Waals surface area contributed by atoms with Gasteiger partial charge in [-0.15, -0.1) is 0 Å². The quantitative estimate of drug-likeness (QED) is 0.864. The molecule has 16 heavy (non-hydrogen) atoms. The highest BCUT2D eigenvalue weighted by Gasteiger charge is 2.34. The van der Waals surface area contributed by atoms with Crippen LogP contribution in [0.5, 0.6) is 5.75 Å². The van der Waals surface area contributed by atoms with Crippen molar-refractivity contribution in [2.45, 2.75) is 32.2 Å². The van der Waals surface area contributed by atoms with Crippen molar-refractivity contribution in [1.29, 1.82) is 0 Å². The predicted molar refractivity (Wildman–Crippen MR) is 59.8 cm³/mol. The lowest BCUT2D eigenvalue weighted by Crippen LogP contribution is -2.32. The summed E-state index contributed by atoms with van der Waals surface area (Å²) in [5.74, 6) is -2.54. The lowest BCUT2D eigenvalue weighted by atomic mass is 9.87. The first kappa shape index (κ1) is 12.9. The van der Waals surface area contributed by atoms with E-state index in [9.17, 15) is 8.78 Å². The van der Waals surface area contributed by atoms with E-state index in [-0.39, 0.29) is 5.56 Å². The molecule has 0 fully saturated rings. The van der Waals surface area contributed by atoms with Crippen molar-refractivity contribution in [3.8, 4) is 5.75 Å². The standard InChI is InChI=1S/C12H17F2NO/c1-11(2,15)10-8(12(3,13)14)6-5-7-9(10)16-4/h5-7H,15H2,1-4H3. The first-order chi connectivity index (χ1) is 7.18. The van der Waals surface area contributed by atoms with E-state index in [1.54, 1.807) is 26.0 Å². The molecule has 0 atom stereocenters. The lowest BCUT2D eigenvalue weighted by molar-refractivity contribution is 0.0152. The Balaban J connectivity index is 3.51. The molecule has 1 aromatic carbocycles. The molecule has 0 unspecified atom stereocenters. The molecule has 0 aliphatic rings. The maximum Gasteiger partial charge on any atom is 0.270 e. The Kier molecular flexibility index (Phi) is 3.24. The molecular weight excluding hydrogens is 212 g/mol. The molecule has 0 aliphatic carbocycles. The van der Waals surface area contributed by atoms with Gasteiger partial charge in [-0.25, -0.2) is 8.78 Å². The summed E-state index contributed by atoms with van der Waals surface area (Å²) in [7, 11) is 1.45. The number of hydrogen-bond donors (Lipinski definition) is 1. The number of alkyl halides is 2. The van der Waals surface area contributed by atoms with E-state index in [0.717, 1.165) is 6.92 Å². The zero-order chi connectivity index (χ0) is 12.6. The molecule has 0 radical (unpaired) electrons. The number of methoxy groups -OCH3 is 1. The Morgan fingerprint density at radius 1 is 1.19 bits per heavy atom. The molecule has 1 aromatic rings. The molecule has 2 N–H and O–H groups in total. The van der Waals surface area contributed by atoms with Crippen LogP contribution in [0.4, 0.5) is 8.78 Å². The summed E-state index contributed by atoms with van der Waals surface area (Å²) in [6.07, 6.45) is 0. The summed E-state index contributed by atoms with van der Waals surface area (Å²) in [5.41, 5.74) is 5.31. The second-order valence-electron chi connectivity index (χ2n) is 4.49. The highest BCUT2D eigenvalue weighted by atomic mass is 19.3. The summed E-state index contributed by atoms with van der Waals surface area (Å²) in [6, 6.07) is 4.56. The van der Waals surface area contributed by atoms with Crippen LogP contribution < -0.4 is 10.5 Å². The van der Waals surface area contributed by atoms with Crippen LogP contribution in [0.15, 0.2) is 18.2 Å². The number of hydrogen-bond acceptors (Lipinski definition) is 2. The predicted octanol–water partition coefficient (Wildman–Crippen LogP) is 3.00. The van der Waals surface area contributed by atoms with Gasteiger partial charge in [0.2, 0.25) is 0 Å². The average Bonchev–Trinajstić information content (AvgIpc) is 2.13. The van der Waals surface area contributed by atoms with E-state index in [1.165, 1.54) is 13.2 Å². The molecule has 0 spiro atoms. The van der Waals surface area contributed by atoms with Gasteiger partial charge in [-0.1, -0.05) is 12.1 Å². The first-order valence-electron chi connectivity index (χ1n) is 5.02. The fourth-order valence-electron chi connectivity index (χ4n) is 1.73. The third kappa shape index (κ3) is 2.50. The summed E-state index contributed by atoms with van der Waals surface area (Å²) in [4.78, 5) is 0. The molecule has 0 saturated carbocycles. The molecule has 90 valence electrons. The Hall–Kier alpha value is -1.16. The zero-order valence-electron chi connectivity index (χ0n) is 9.97. The highest BCUT2D eigenvalue weighted by Crippen LogP contribution is 2.39. The van der Waals surface area contributed by atoms with Gasteiger partial charge in [-0.3, -0.25) is 0 Å². The fraction of sp³-hybridized carbons (Fsp3) is 0.500. The van der Waals surface area contributed by atoms with Crippen LogP contribution in [-0.4, -0.2) is 7.11 Å². The molecular formula is C12H17F2NO. The molecule has 0 aromatic heterocycles. The monoisotopic (exact) mass is 229 g/mol. The third-order valence-electron chi connectivity index (χ3n) is 2.36. The van der Waals surface area contributed by atoms with Crippen LogP contribution in [0.3, 0.4) is 0 Å². The highest BCUT2D eigenvalue weighted by molar-refractivity contribution is 5.46. The van der Waals surface area contributed by atoms with Crippen LogP contribution in [-0.2, 0) is 11.5 Å². The van der Waals surface area contributed by atoms with Gasteiger partial charge in [0.25, 0.3) is 5.92 Å². The molecule has 0 saturated heterocycles. The van der Waals surface area contributed by atoms with Crippen LogP contribution in [0, 0.1) is 0 Å². The van der Waals surface area contributed by atoms with Crippen molar-refractivity contribution in [1.82, 2.24) is 0 Å². The number of ether oxygens (including phenoxy) is 1. The molecule has 2 nitrogen and oxygen atoms in total. The van der Waals surface area contributed by atoms with Crippen LogP contribution in [0.25, 0.3) is 0 Å². The normalized spacial score (nSPS) is 12.7. The molecule has 0 amide bonds. The minimum Gasteiger partial charge on any atom is -0.496 e. The van der Waals surface area contributed by atoms with Crippen LogP contribution in [0.1, 0.15) is 31.9 Å². The minimum atomic E-state index is -2.93. The van der Waals surface area contributed by atoms with Gasteiger partial charge in [-0.2, -0.15) is 0 Å². The van der Waals surface area contributed by atoms with Gasteiger partial charge in [0, 0.05) is 23.6 Å². The summed E-state index contributed by atoms with van der Waals surface area (Å²) in [5, 5.41) is 0. The largest absolute Gasteiger partial charge is 0.496 e. The van der Waals surface area contributed by atoms with Crippen molar-refractivity contribution < 1.29 is 13.5 Å². The van der Waals surface area contributed by atoms with Crippen molar-refractivity contribution in [2.24, 2.45) is 5.73 Å². The summed E-state index contributed by atoms with van der Waals surface area (Å²) < 4.78 is 32.0. The average molecular weight is 229 g/mol. The number of benzene rings is 1. The fourth-order valence-corrected chi connectivity index (χ4v) is 1.73. The van der Waals surface area contributed by atoms with E-state index in [2.05, 4.69) is 0 Å². The number of halogens is 2. The van der Waals surface area contributed by atoms with Gasteiger partial charge < -0.3 is 10.5 Å². The van der Waals surface area contributed by atoms with Crippen LogP contribution in [0.2, 0.25) is 0 Å². The van der Waals surface area contributed by atoms with Gasteiger partial charge in [0.1, 0.15) is 5.75 Å². The molecule has 0 heterocycles. The van der Waals surface area contributed by atoms with Gasteiger partial charge >= 0.3 is 0 Å². The van der Waals surface area contributed by atoms with Gasteiger partial charge in [0.05, 0.1) is 7.11 Å². The zero-order valence-corrected chi connectivity index (χ0v) is 9.97. The second-order valence-corrected chi connectivity index (χ2v) is 4.49. The molecule has 0 bridgehead atoms. The maximum absolute atomic E-state index is 13.5. The maximum atomic E-state index is 13.5. The number of rotatable bonds is 3. The Morgan fingerprint density at radius 2 is 1.75 bits per heavy atom. The van der Waals surface area contributed by atoms with E-state index in [1.807, 2.05) is 0 Å². The van der Waals surface area contributed by atoms with Crippen molar-refractivity contribution in [2.75, 3.05) is 7.11 Å². The summed E-state index contributed by atoms with van der Waals surface area (Å²) >= 11 is 0. The minimum absolute atomic E-state index is 0.0839. The van der Waals surface area contributed by atoms with E-state index < -0.39 is 11.5 Å². The molecule has 4 heteroatoms. The first-order valence-corrected chi connectivity index (χ1v) is 5.02. The lowest BCUT2D eigenvalue weighted by Gasteiger charge is -2.27. The second kappa shape index (κ2) is 4.01. The van der Waals surface area contributed by atoms with Crippen LogP contribution >= 0.6 is 0 Å². The molecule has 1 rings (SSSR count). The summed E-state index contributed by atoms with van der Waals surface area (Å²) in [6.45, 7) is 4.22. The van der Waals surface area contributed by atoms with Gasteiger partial charge in [0.15, 0.2) is 0 Å². The van der Waals surface area contributed by atoms with E-state index in [4.69, 9.17) is 10.5 Å².